The maximum Gasteiger partial charge on any atom is 0.119 e. The lowest BCUT2D eigenvalue weighted by molar-refractivity contribution is 0.261. The van der Waals surface area contributed by atoms with E-state index >= 15 is 0 Å². The Balaban J connectivity index is 1.78. The number of aromatic amines is 1. The molecule has 1 aliphatic carbocycles. The van der Waals surface area contributed by atoms with Gasteiger partial charge in [0, 0.05) is 12.1 Å². The van der Waals surface area contributed by atoms with E-state index in [0.717, 1.165) is 31.7 Å². The van der Waals surface area contributed by atoms with Crippen LogP contribution in [0.5, 0.6) is 5.75 Å². The van der Waals surface area contributed by atoms with Gasteiger partial charge < -0.3 is 9.64 Å². The van der Waals surface area contributed by atoms with Crippen LogP contribution in [0.4, 0.5) is 0 Å². The third kappa shape index (κ3) is 2.49. The van der Waals surface area contributed by atoms with Crippen molar-refractivity contribution in [3.8, 4) is 17.0 Å². The van der Waals surface area contributed by atoms with Crippen LogP contribution in [-0.4, -0.2) is 42.3 Å². The molecule has 1 heterocycles. The number of fused-ring (bicyclic) bond motifs is 3. The van der Waals surface area contributed by atoms with E-state index in [4.69, 9.17) is 4.74 Å². The van der Waals surface area contributed by atoms with E-state index in [1.54, 1.807) is 0 Å². The maximum atomic E-state index is 5.78. The summed E-state index contributed by atoms with van der Waals surface area (Å²) >= 11 is 0. The van der Waals surface area contributed by atoms with E-state index in [0.29, 0.717) is 0 Å². The molecule has 0 amide bonds. The van der Waals surface area contributed by atoms with Crippen molar-refractivity contribution in [3.63, 3.8) is 0 Å². The van der Waals surface area contributed by atoms with Crippen LogP contribution in [0.2, 0.25) is 0 Å². The second-order valence-electron chi connectivity index (χ2n) is 5.24. The fraction of sp³-hybridized carbons (Fsp3) is 0.400. The summed E-state index contributed by atoms with van der Waals surface area (Å²) in [6, 6.07) is 6.34. The summed E-state index contributed by atoms with van der Waals surface area (Å²) in [4.78, 5) is 2.12. The van der Waals surface area contributed by atoms with Crippen molar-refractivity contribution in [1.29, 1.82) is 0 Å². The molecule has 0 fully saturated rings. The molecule has 3 rings (SSSR count). The van der Waals surface area contributed by atoms with Gasteiger partial charge in [0.05, 0.1) is 11.9 Å². The molecule has 1 aromatic carbocycles. The number of nitrogens with zero attached hydrogens (tertiary/aromatic N) is 2. The molecule has 0 atom stereocenters. The molecule has 0 spiro atoms. The van der Waals surface area contributed by atoms with Gasteiger partial charge in [0.15, 0.2) is 0 Å². The monoisotopic (exact) mass is 257 g/mol. The predicted molar refractivity (Wildman–Crippen MR) is 75.5 cm³/mol. The van der Waals surface area contributed by atoms with Crippen molar-refractivity contribution in [2.45, 2.75) is 12.8 Å². The number of aryl methyl sites for hydroxylation is 2. The Morgan fingerprint density at radius 3 is 2.95 bits per heavy atom. The molecule has 0 saturated carbocycles. The van der Waals surface area contributed by atoms with Gasteiger partial charge in [-0.3, -0.25) is 5.10 Å². The molecule has 0 saturated heterocycles. The van der Waals surface area contributed by atoms with E-state index in [1.807, 2.05) is 12.3 Å². The Hall–Kier alpha value is -1.81. The van der Waals surface area contributed by atoms with E-state index in [1.165, 1.54) is 22.4 Å². The lowest BCUT2D eigenvalue weighted by Crippen LogP contribution is -2.19. The molecule has 19 heavy (non-hydrogen) atoms. The molecule has 0 unspecified atom stereocenters. The fourth-order valence-electron chi connectivity index (χ4n) is 2.46. The largest absolute Gasteiger partial charge is 0.492 e. The molecule has 1 N–H and O–H groups in total. The van der Waals surface area contributed by atoms with Crippen molar-refractivity contribution in [3.05, 3.63) is 35.5 Å². The molecule has 100 valence electrons. The zero-order valence-corrected chi connectivity index (χ0v) is 11.4. The van der Waals surface area contributed by atoms with Crippen LogP contribution in [0.3, 0.4) is 0 Å². The highest BCUT2D eigenvalue weighted by atomic mass is 16.5. The van der Waals surface area contributed by atoms with Gasteiger partial charge in [0.1, 0.15) is 12.4 Å². The summed E-state index contributed by atoms with van der Waals surface area (Å²) < 4.78 is 5.78. The van der Waals surface area contributed by atoms with Crippen molar-refractivity contribution in [1.82, 2.24) is 15.1 Å². The van der Waals surface area contributed by atoms with Crippen LogP contribution in [-0.2, 0) is 12.8 Å². The Kier molecular flexibility index (Phi) is 3.25. The van der Waals surface area contributed by atoms with E-state index < -0.39 is 0 Å². The molecule has 0 bridgehead atoms. The summed E-state index contributed by atoms with van der Waals surface area (Å²) in [7, 11) is 4.10. The number of H-pyrrole nitrogens is 1. The lowest BCUT2D eigenvalue weighted by Gasteiger charge is -2.17. The molecule has 0 aliphatic heterocycles. The van der Waals surface area contributed by atoms with Crippen LogP contribution in [0.25, 0.3) is 11.3 Å². The van der Waals surface area contributed by atoms with Crippen molar-refractivity contribution < 1.29 is 4.74 Å². The minimum atomic E-state index is 0.723. The van der Waals surface area contributed by atoms with Gasteiger partial charge in [0.2, 0.25) is 0 Å². The number of aromatic nitrogens is 2. The first-order valence-electron chi connectivity index (χ1n) is 6.67. The first-order valence-corrected chi connectivity index (χ1v) is 6.67. The van der Waals surface area contributed by atoms with Crippen molar-refractivity contribution in [2.24, 2.45) is 0 Å². The first kappa shape index (κ1) is 12.2. The zero-order chi connectivity index (χ0) is 13.2. The summed E-state index contributed by atoms with van der Waals surface area (Å²) in [5.41, 5.74) is 5.09. The minimum absolute atomic E-state index is 0.723. The SMILES string of the molecule is CN(C)CCOc1ccc2c(c1)CCc1cn[nH]c1-2. The second kappa shape index (κ2) is 5.05. The van der Waals surface area contributed by atoms with Gasteiger partial charge in [-0.2, -0.15) is 5.10 Å². The number of benzene rings is 1. The smallest absolute Gasteiger partial charge is 0.119 e. The average molecular weight is 257 g/mol. The van der Waals surface area contributed by atoms with Gasteiger partial charge in [0.25, 0.3) is 0 Å². The molecule has 1 aliphatic rings. The number of rotatable bonds is 4. The van der Waals surface area contributed by atoms with Crippen LogP contribution >= 0.6 is 0 Å². The molecule has 1 aromatic heterocycles. The van der Waals surface area contributed by atoms with E-state index in [2.05, 4.69) is 41.3 Å². The highest BCUT2D eigenvalue weighted by Gasteiger charge is 2.17. The van der Waals surface area contributed by atoms with Crippen molar-refractivity contribution in [2.75, 3.05) is 27.2 Å². The third-order valence-electron chi connectivity index (χ3n) is 3.53. The number of nitrogens with one attached hydrogen (secondary N) is 1. The van der Waals surface area contributed by atoms with Crippen LogP contribution in [0, 0.1) is 0 Å². The Morgan fingerprint density at radius 2 is 2.11 bits per heavy atom. The third-order valence-corrected chi connectivity index (χ3v) is 3.53. The Labute approximate surface area is 113 Å². The number of ether oxygens (including phenoxy) is 1. The molecule has 4 heteroatoms. The maximum absolute atomic E-state index is 5.78. The number of likely N-dealkylation sites (N-methyl/N-ethyl adjacent to an activating group) is 1. The molecular weight excluding hydrogens is 238 g/mol. The zero-order valence-electron chi connectivity index (χ0n) is 11.4. The number of hydrogen-bond donors (Lipinski definition) is 1. The standard InChI is InChI=1S/C15H19N3O/c1-18(2)7-8-19-13-5-6-14-11(9-13)3-4-12-10-16-17-15(12)14/h5-6,9-10H,3-4,7-8H2,1-2H3,(H,16,17). The van der Waals surface area contributed by atoms with Crippen LogP contribution in [0.1, 0.15) is 11.1 Å². The van der Waals surface area contributed by atoms with Crippen LogP contribution < -0.4 is 4.74 Å². The van der Waals surface area contributed by atoms with E-state index in [-0.39, 0.29) is 0 Å². The first-order chi connectivity index (χ1) is 9.24. The normalized spacial score (nSPS) is 13.2. The highest BCUT2D eigenvalue weighted by molar-refractivity contribution is 5.70. The fourth-order valence-corrected chi connectivity index (χ4v) is 2.46. The summed E-state index contributed by atoms with van der Waals surface area (Å²) in [6.07, 6.45) is 4.05. The molecular formula is C15H19N3O. The second-order valence-corrected chi connectivity index (χ2v) is 5.24. The summed E-state index contributed by atoms with van der Waals surface area (Å²) in [6.45, 7) is 1.66. The quantitative estimate of drug-likeness (QED) is 0.912. The summed E-state index contributed by atoms with van der Waals surface area (Å²) in [5, 5.41) is 7.23. The Bertz CT molecular complexity index is 575. The van der Waals surface area contributed by atoms with Gasteiger partial charge >= 0.3 is 0 Å². The minimum Gasteiger partial charge on any atom is -0.492 e. The molecule has 2 aromatic rings. The van der Waals surface area contributed by atoms with Crippen LogP contribution in [0.15, 0.2) is 24.4 Å². The van der Waals surface area contributed by atoms with Gasteiger partial charge in [-0.25, -0.2) is 0 Å². The number of hydrogen-bond acceptors (Lipinski definition) is 3. The van der Waals surface area contributed by atoms with Gasteiger partial charge in [-0.15, -0.1) is 0 Å². The van der Waals surface area contributed by atoms with Gasteiger partial charge in [-0.1, -0.05) is 0 Å². The average Bonchev–Trinajstić information content (AvgIpc) is 2.86. The Morgan fingerprint density at radius 1 is 1.26 bits per heavy atom. The summed E-state index contributed by atoms with van der Waals surface area (Å²) in [5.74, 6) is 0.962. The predicted octanol–water partition coefficient (Wildman–Crippen LogP) is 2.12. The van der Waals surface area contributed by atoms with Crippen molar-refractivity contribution >= 4 is 0 Å². The topological polar surface area (TPSA) is 41.1 Å². The molecule has 0 radical (unpaired) electrons. The van der Waals surface area contributed by atoms with Gasteiger partial charge in [-0.05, 0) is 56.3 Å². The van der Waals surface area contributed by atoms with E-state index in [9.17, 15) is 0 Å². The molecule has 4 nitrogen and oxygen atoms in total. The highest BCUT2D eigenvalue weighted by Crippen LogP contribution is 2.33. The lowest BCUT2D eigenvalue weighted by atomic mass is 9.90.